The van der Waals surface area contributed by atoms with Crippen LogP contribution < -0.4 is 0 Å². The maximum absolute atomic E-state index is 9.68. The Morgan fingerprint density at radius 1 is 1.25 bits per heavy atom. The SMILES string of the molecule is Cc1cc2ccccc2c(Cl)c1C(CO)OC(C)(C)C. The molecule has 0 aliphatic carbocycles. The smallest absolute Gasteiger partial charge is 0.108 e. The predicted octanol–water partition coefficient (Wildman–Crippen LogP) is 4.65. The first-order valence-electron chi connectivity index (χ1n) is 6.80. The zero-order valence-corrected chi connectivity index (χ0v) is 13.2. The minimum absolute atomic E-state index is 0.0871. The van der Waals surface area contributed by atoms with Gasteiger partial charge in [-0.15, -0.1) is 0 Å². The topological polar surface area (TPSA) is 29.5 Å². The fourth-order valence-corrected chi connectivity index (χ4v) is 2.90. The van der Waals surface area contributed by atoms with Crippen LogP contribution in [0.5, 0.6) is 0 Å². The summed E-state index contributed by atoms with van der Waals surface area (Å²) in [6.45, 7) is 7.83. The molecule has 0 radical (unpaired) electrons. The van der Waals surface area contributed by atoms with Gasteiger partial charge in [-0.1, -0.05) is 41.9 Å². The average molecular weight is 293 g/mol. The summed E-state index contributed by atoms with van der Waals surface area (Å²) in [5.74, 6) is 0. The van der Waals surface area contributed by atoms with Crippen LogP contribution in [0.25, 0.3) is 10.8 Å². The highest BCUT2D eigenvalue weighted by Gasteiger charge is 2.24. The lowest BCUT2D eigenvalue weighted by Crippen LogP contribution is -2.25. The van der Waals surface area contributed by atoms with Crippen LogP contribution in [0, 0.1) is 6.92 Å². The largest absolute Gasteiger partial charge is 0.393 e. The summed E-state index contributed by atoms with van der Waals surface area (Å²) in [7, 11) is 0. The Kier molecular flexibility index (Phi) is 4.38. The van der Waals surface area contributed by atoms with E-state index in [1.54, 1.807) is 0 Å². The van der Waals surface area contributed by atoms with Gasteiger partial charge < -0.3 is 9.84 Å². The molecule has 2 aromatic carbocycles. The molecule has 0 aromatic heterocycles. The molecule has 0 aliphatic heterocycles. The second-order valence-electron chi connectivity index (χ2n) is 6.04. The van der Waals surface area contributed by atoms with E-state index in [0.29, 0.717) is 5.02 Å². The van der Waals surface area contributed by atoms with Crippen molar-refractivity contribution in [3.05, 3.63) is 46.5 Å². The number of benzene rings is 2. The van der Waals surface area contributed by atoms with Crippen molar-refractivity contribution in [1.82, 2.24) is 0 Å². The Bertz CT molecular complexity index is 614. The van der Waals surface area contributed by atoms with Gasteiger partial charge in [0.15, 0.2) is 0 Å². The zero-order chi connectivity index (χ0) is 14.9. The quantitative estimate of drug-likeness (QED) is 0.892. The minimum atomic E-state index is -0.410. The first-order valence-corrected chi connectivity index (χ1v) is 7.17. The summed E-state index contributed by atoms with van der Waals surface area (Å²) in [4.78, 5) is 0. The molecule has 0 saturated carbocycles. The Hall–Kier alpha value is -1.09. The molecular formula is C17H21ClO2. The summed E-state index contributed by atoms with van der Waals surface area (Å²) < 4.78 is 5.95. The van der Waals surface area contributed by atoms with E-state index < -0.39 is 6.10 Å². The minimum Gasteiger partial charge on any atom is -0.393 e. The fraction of sp³-hybridized carbons (Fsp3) is 0.412. The molecule has 108 valence electrons. The van der Waals surface area contributed by atoms with E-state index in [9.17, 15) is 5.11 Å². The normalized spacial score (nSPS) is 13.7. The molecule has 0 aliphatic rings. The standard InChI is InChI=1S/C17H21ClO2/c1-11-9-12-7-5-6-8-13(12)16(18)15(11)14(10-19)20-17(2,3)4/h5-9,14,19H,10H2,1-4H3. The van der Waals surface area contributed by atoms with Crippen LogP contribution in [0.1, 0.15) is 38.0 Å². The lowest BCUT2D eigenvalue weighted by Gasteiger charge is -2.28. The van der Waals surface area contributed by atoms with E-state index in [2.05, 4.69) is 6.07 Å². The van der Waals surface area contributed by atoms with E-state index in [0.717, 1.165) is 21.9 Å². The number of fused-ring (bicyclic) bond motifs is 1. The molecule has 1 atom stereocenters. The van der Waals surface area contributed by atoms with Crippen molar-refractivity contribution in [2.45, 2.75) is 39.4 Å². The highest BCUT2D eigenvalue weighted by molar-refractivity contribution is 6.36. The zero-order valence-electron chi connectivity index (χ0n) is 12.4. The van der Waals surface area contributed by atoms with E-state index in [1.807, 2.05) is 52.0 Å². The number of aliphatic hydroxyl groups excluding tert-OH is 1. The summed E-state index contributed by atoms with van der Waals surface area (Å²) in [6, 6.07) is 10.1. The third kappa shape index (κ3) is 3.14. The average Bonchev–Trinajstić information content (AvgIpc) is 2.36. The number of aliphatic hydroxyl groups is 1. The molecule has 2 rings (SSSR count). The van der Waals surface area contributed by atoms with E-state index in [-0.39, 0.29) is 12.2 Å². The van der Waals surface area contributed by atoms with Crippen LogP contribution in [-0.4, -0.2) is 17.3 Å². The van der Waals surface area contributed by atoms with Crippen LogP contribution in [0.3, 0.4) is 0 Å². The van der Waals surface area contributed by atoms with Crippen LogP contribution in [0.2, 0.25) is 5.02 Å². The number of halogens is 1. The number of rotatable bonds is 3. The summed E-state index contributed by atoms with van der Waals surface area (Å²) in [5, 5.41) is 12.4. The predicted molar refractivity (Wildman–Crippen MR) is 84.4 cm³/mol. The summed E-state index contributed by atoms with van der Waals surface area (Å²) >= 11 is 6.56. The third-order valence-electron chi connectivity index (χ3n) is 3.21. The van der Waals surface area contributed by atoms with Gasteiger partial charge in [-0.25, -0.2) is 0 Å². The van der Waals surface area contributed by atoms with Crippen molar-refractivity contribution < 1.29 is 9.84 Å². The van der Waals surface area contributed by atoms with Crippen molar-refractivity contribution in [3.63, 3.8) is 0 Å². The van der Waals surface area contributed by atoms with Crippen molar-refractivity contribution in [2.75, 3.05) is 6.61 Å². The number of ether oxygens (including phenoxy) is 1. The van der Waals surface area contributed by atoms with Gasteiger partial charge >= 0.3 is 0 Å². The van der Waals surface area contributed by atoms with Gasteiger partial charge in [-0.2, -0.15) is 0 Å². The third-order valence-corrected chi connectivity index (χ3v) is 3.62. The highest BCUT2D eigenvalue weighted by atomic mass is 35.5. The second kappa shape index (κ2) is 5.72. The van der Waals surface area contributed by atoms with Gasteiger partial charge in [-0.3, -0.25) is 0 Å². The summed E-state index contributed by atoms with van der Waals surface area (Å²) in [5.41, 5.74) is 1.58. The van der Waals surface area contributed by atoms with Crippen molar-refractivity contribution >= 4 is 22.4 Å². The van der Waals surface area contributed by atoms with Gasteiger partial charge in [-0.05, 0) is 38.6 Å². The van der Waals surface area contributed by atoms with Crippen LogP contribution in [0.4, 0.5) is 0 Å². The molecule has 1 unspecified atom stereocenters. The van der Waals surface area contributed by atoms with Gasteiger partial charge in [0.2, 0.25) is 0 Å². The molecule has 0 amide bonds. The Morgan fingerprint density at radius 3 is 2.50 bits per heavy atom. The molecule has 2 aromatic rings. The fourth-order valence-electron chi connectivity index (χ4n) is 2.46. The maximum atomic E-state index is 9.68. The lowest BCUT2D eigenvalue weighted by atomic mass is 9.97. The molecule has 0 fully saturated rings. The molecule has 1 N–H and O–H groups in total. The first kappa shape index (κ1) is 15.3. The Labute approximate surface area is 125 Å². The van der Waals surface area contributed by atoms with Gasteiger partial charge in [0.25, 0.3) is 0 Å². The van der Waals surface area contributed by atoms with Crippen molar-refractivity contribution in [2.24, 2.45) is 0 Å². The molecule has 0 saturated heterocycles. The lowest BCUT2D eigenvalue weighted by molar-refractivity contribution is -0.0823. The molecule has 0 spiro atoms. The number of hydrogen-bond acceptors (Lipinski definition) is 2. The van der Waals surface area contributed by atoms with E-state index >= 15 is 0 Å². The van der Waals surface area contributed by atoms with Crippen LogP contribution in [0.15, 0.2) is 30.3 Å². The van der Waals surface area contributed by atoms with Crippen LogP contribution >= 0.6 is 11.6 Å². The Balaban J connectivity index is 2.57. The van der Waals surface area contributed by atoms with Crippen molar-refractivity contribution in [1.29, 1.82) is 0 Å². The van der Waals surface area contributed by atoms with E-state index in [4.69, 9.17) is 16.3 Å². The number of aryl methyl sites for hydroxylation is 1. The van der Waals surface area contributed by atoms with Crippen molar-refractivity contribution in [3.8, 4) is 0 Å². The van der Waals surface area contributed by atoms with E-state index in [1.165, 1.54) is 0 Å². The molecule has 20 heavy (non-hydrogen) atoms. The maximum Gasteiger partial charge on any atom is 0.108 e. The molecular weight excluding hydrogens is 272 g/mol. The molecule has 0 bridgehead atoms. The molecule has 2 nitrogen and oxygen atoms in total. The molecule has 0 heterocycles. The Morgan fingerprint density at radius 2 is 1.90 bits per heavy atom. The van der Waals surface area contributed by atoms with Gasteiger partial charge in [0.1, 0.15) is 6.10 Å². The van der Waals surface area contributed by atoms with Gasteiger partial charge in [0, 0.05) is 10.9 Å². The monoisotopic (exact) mass is 292 g/mol. The molecule has 3 heteroatoms. The first-order chi connectivity index (χ1) is 9.33. The second-order valence-corrected chi connectivity index (χ2v) is 6.42. The van der Waals surface area contributed by atoms with Crippen LogP contribution in [-0.2, 0) is 4.74 Å². The highest BCUT2D eigenvalue weighted by Crippen LogP contribution is 2.36. The van der Waals surface area contributed by atoms with Gasteiger partial charge in [0.05, 0.1) is 17.2 Å². The summed E-state index contributed by atoms with van der Waals surface area (Å²) in [6.07, 6.45) is -0.410. The number of hydrogen-bond donors (Lipinski definition) is 1.